The number of H-pyrrole nitrogens is 1. The van der Waals surface area contributed by atoms with Crippen LogP contribution in [0.1, 0.15) is 49.4 Å². The first-order valence-electron chi connectivity index (χ1n) is 10.8. The Hall–Kier alpha value is -2.90. The summed E-state index contributed by atoms with van der Waals surface area (Å²) in [7, 11) is 0. The Morgan fingerprint density at radius 2 is 1.91 bits per heavy atom. The highest BCUT2D eigenvalue weighted by Crippen LogP contribution is 2.47. The van der Waals surface area contributed by atoms with Gasteiger partial charge in [0.05, 0.1) is 17.2 Å². The first-order chi connectivity index (χ1) is 15.8. The van der Waals surface area contributed by atoms with E-state index in [9.17, 15) is 9.59 Å². The maximum Gasteiger partial charge on any atom is 0.257 e. The summed E-state index contributed by atoms with van der Waals surface area (Å²) in [4.78, 5) is 38.7. The normalized spacial score (nSPS) is 19.0. The molecule has 5 rings (SSSR count). The van der Waals surface area contributed by atoms with Gasteiger partial charge in [0.2, 0.25) is 0 Å². The van der Waals surface area contributed by atoms with Gasteiger partial charge in [-0.3, -0.25) is 14.6 Å². The molecular weight excluding hydrogens is 456 g/mol. The van der Waals surface area contributed by atoms with Gasteiger partial charge in [0.25, 0.3) is 5.56 Å². The number of fused-ring (bicyclic) bond motifs is 1. The predicted octanol–water partition coefficient (Wildman–Crippen LogP) is 5.31. The lowest BCUT2D eigenvalue weighted by Crippen LogP contribution is -2.37. The van der Waals surface area contributed by atoms with E-state index >= 15 is 0 Å². The average molecular weight is 479 g/mol. The van der Waals surface area contributed by atoms with E-state index in [1.807, 2.05) is 42.5 Å². The summed E-state index contributed by atoms with van der Waals surface area (Å²) in [5.41, 5.74) is 3.09. The van der Waals surface area contributed by atoms with Crippen molar-refractivity contribution in [1.82, 2.24) is 15.0 Å². The number of aromatic nitrogens is 3. The molecule has 1 atom stereocenters. The molecule has 2 N–H and O–H groups in total. The quantitative estimate of drug-likeness (QED) is 0.390. The van der Waals surface area contributed by atoms with E-state index in [-0.39, 0.29) is 16.8 Å². The fourth-order valence-corrected chi connectivity index (χ4v) is 5.71. The number of thioether (sulfide) groups is 1. The number of Topliss-reactive ketones (excluding diaryl/α,β-unsaturated/α-hetero) is 1. The zero-order valence-corrected chi connectivity index (χ0v) is 19.9. The van der Waals surface area contributed by atoms with Gasteiger partial charge < -0.3 is 10.3 Å². The van der Waals surface area contributed by atoms with E-state index in [0.717, 1.165) is 11.3 Å². The lowest BCUT2D eigenvalue weighted by Gasteiger charge is -2.38. The number of halogens is 1. The Balaban J connectivity index is 1.58. The molecule has 6 nitrogen and oxygen atoms in total. The number of hydrogen-bond donors (Lipinski definition) is 2. The van der Waals surface area contributed by atoms with Gasteiger partial charge in [0, 0.05) is 34.7 Å². The third-order valence-corrected chi connectivity index (χ3v) is 7.30. The number of allylic oxidation sites excluding steroid dienone is 2. The van der Waals surface area contributed by atoms with Crippen molar-refractivity contribution in [3.63, 3.8) is 0 Å². The van der Waals surface area contributed by atoms with Crippen LogP contribution in [0.15, 0.2) is 69.9 Å². The predicted molar refractivity (Wildman–Crippen MR) is 131 cm³/mol. The van der Waals surface area contributed by atoms with Gasteiger partial charge in [-0.2, -0.15) is 0 Å². The fraction of sp³-hybridized carbons (Fsp3) is 0.280. The Morgan fingerprint density at radius 3 is 2.67 bits per heavy atom. The lowest BCUT2D eigenvalue weighted by atomic mass is 9.70. The van der Waals surface area contributed by atoms with Gasteiger partial charge in [-0.05, 0) is 35.6 Å². The molecule has 3 heterocycles. The van der Waals surface area contributed by atoms with E-state index < -0.39 is 5.92 Å². The van der Waals surface area contributed by atoms with Crippen molar-refractivity contribution in [3.05, 3.63) is 92.1 Å². The van der Waals surface area contributed by atoms with Crippen LogP contribution in [0.5, 0.6) is 0 Å². The van der Waals surface area contributed by atoms with Gasteiger partial charge in [0.15, 0.2) is 10.9 Å². The molecule has 2 aromatic heterocycles. The van der Waals surface area contributed by atoms with Crippen LogP contribution in [0.3, 0.4) is 0 Å². The Labute approximate surface area is 200 Å². The molecule has 0 bridgehead atoms. The minimum Gasteiger partial charge on any atom is -0.343 e. The average Bonchev–Trinajstić information content (AvgIpc) is 2.77. The smallest absolute Gasteiger partial charge is 0.257 e. The van der Waals surface area contributed by atoms with Crippen molar-refractivity contribution in [2.45, 2.75) is 43.5 Å². The van der Waals surface area contributed by atoms with Crippen LogP contribution in [0.25, 0.3) is 0 Å². The second-order valence-corrected chi connectivity index (χ2v) is 10.5. The number of pyridine rings is 1. The van der Waals surface area contributed by atoms with Crippen LogP contribution >= 0.6 is 23.4 Å². The number of carbonyl (C=O) groups excluding carboxylic acids is 1. The van der Waals surface area contributed by atoms with Crippen LogP contribution in [0.2, 0.25) is 5.02 Å². The largest absolute Gasteiger partial charge is 0.343 e. The highest BCUT2D eigenvalue weighted by molar-refractivity contribution is 7.98. The molecule has 0 radical (unpaired) electrons. The van der Waals surface area contributed by atoms with Gasteiger partial charge >= 0.3 is 0 Å². The highest BCUT2D eigenvalue weighted by Gasteiger charge is 2.42. The Morgan fingerprint density at radius 1 is 1.12 bits per heavy atom. The van der Waals surface area contributed by atoms with Crippen molar-refractivity contribution in [2.75, 3.05) is 5.32 Å². The number of anilines is 1. The van der Waals surface area contributed by atoms with Gasteiger partial charge in [-0.25, -0.2) is 4.98 Å². The molecule has 1 aliphatic carbocycles. The monoisotopic (exact) mass is 478 g/mol. The zero-order chi connectivity index (χ0) is 23.2. The van der Waals surface area contributed by atoms with Crippen molar-refractivity contribution in [1.29, 1.82) is 0 Å². The summed E-state index contributed by atoms with van der Waals surface area (Å²) in [6, 6.07) is 13.2. The van der Waals surface area contributed by atoms with Crippen molar-refractivity contribution >= 4 is 35.0 Å². The third kappa shape index (κ3) is 4.23. The molecular formula is C25H23ClN4O2S. The summed E-state index contributed by atoms with van der Waals surface area (Å²) in [5.74, 6) is 0.566. The van der Waals surface area contributed by atoms with Crippen molar-refractivity contribution in [2.24, 2.45) is 5.41 Å². The Kier molecular flexibility index (Phi) is 5.62. The van der Waals surface area contributed by atoms with Gasteiger partial charge in [-0.15, -0.1) is 0 Å². The number of aromatic amines is 1. The third-order valence-electron chi connectivity index (χ3n) is 6.01. The van der Waals surface area contributed by atoms with E-state index in [2.05, 4.69) is 29.1 Å². The van der Waals surface area contributed by atoms with Gasteiger partial charge in [0.1, 0.15) is 5.82 Å². The van der Waals surface area contributed by atoms with Crippen LogP contribution < -0.4 is 10.9 Å². The molecule has 2 aliphatic rings. The zero-order valence-electron chi connectivity index (χ0n) is 18.3. The number of rotatable bonds is 4. The Bertz CT molecular complexity index is 1330. The maximum absolute atomic E-state index is 13.3. The summed E-state index contributed by atoms with van der Waals surface area (Å²) in [6.45, 7) is 4.16. The summed E-state index contributed by atoms with van der Waals surface area (Å²) >= 11 is 7.69. The molecule has 0 saturated carbocycles. The highest BCUT2D eigenvalue weighted by atomic mass is 35.5. The van der Waals surface area contributed by atoms with Crippen LogP contribution in [0, 0.1) is 5.41 Å². The number of nitrogens with one attached hydrogen (secondary N) is 2. The minimum absolute atomic E-state index is 0.0478. The molecule has 1 aliphatic heterocycles. The number of carbonyl (C=O) groups is 1. The molecule has 0 saturated heterocycles. The minimum atomic E-state index is -0.542. The van der Waals surface area contributed by atoms with E-state index in [1.165, 1.54) is 11.8 Å². The first-order valence-corrected chi connectivity index (χ1v) is 12.1. The SMILES string of the molecule is CC1(C)CC(=O)C2=C(C1)Nc1nc(SCc3ccccc3Cl)[nH]c(=O)c1[C@H]2c1ccccn1. The summed E-state index contributed by atoms with van der Waals surface area (Å²) in [5, 5.41) is 4.51. The molecule has 33 heavy (non-hydrogen) atoms. The second kappa shape index (κ2) is 8.47. The molecule has 1 aromatic carbocycles. The molecule has 0 unspecified atom stereocenters. The molecule has 3 aromatic rings. The number of hydrogen-bond acceptors (Lipinski definition) is 6. The number of benzene rings is 1. The molecule has 8 heteroatoms. The van der Waals surface area contributed by atoms with E-state index in [4.69, 9.17) is 16.6 Å². The summed E-state index contributed by atoms with van der Waals surface area (Å²) in [6.07, 6.45) is 2.82. The van der Waals surface area contributed by atoms with Crippen LogP contribution in [0.4, 0.5) is 5.82 Å². The second-order valence-electron chi connectivity index (χ2n) is 9.16. The topological polar surface area (TPSA) is 87.7 Å². The molecule has 168 valence electrons. The van der Waals surface area contributed by atoms with Crippen LogP contribution in [-0.2, 0) is 10.5 Å². The molecule has 0 spiro atoms. The van der Waals surface area contributed by atoms with Gasteiger partial charge in [-0.1, -0.05) is 61.5 Å². The molecule has 0 fully saturated rings. The summed E-state index contributed by atoms with van der Waals surface area (Å²) < 4.78 is 0. The first kappa shape index (κ1) is 21.9. The van der Waals surface area contributed by atoms with Crippen LogP contribution in [-0.4, -0.2) is 20.7 Å². The maximum atomic E-state index is 13.3. The van der Waals surface area contributed by atoms with Crippen molar-refractivity contribution in [3.8, 4) is 0 Å². The number of ketones is 1. The standard InChI is InChI=1S/C25H23ClN4O2S/c1-25(2)11-17-19(18(31)12-25)20(16-9-5-6-10-27-16)21-22(28-17)29-24(30-23(21)32)33-13-14-7-3-4-8-15(14)26/h3-10,20H,11-13H2,1-2H3,(H2,28,29,30,32)/t20-/m0/s1. The lowest BCUT2D eigenvalue weighted by molar-refractivity contribution is -0.118. The molecule has 0 amide bonds. The van der Waals surface area contributed by atoms with Crippen molar-refractivity contribution < 1.29 is 4.79 Å². The van der Waals surface area contributed by atoms with E-state index in [1.54, 1.807) is 6.20 Å². The number of nitrogens with zero attached hydrogens (tertiary/aromatic N) is 2. The fourth-order valence-electron chi connectivity index (χ4n) is 4.57. The van der Waals surface area contributed by atoms with E-state index in [0.29, 0.717) is 51.4 Å².